The molecular formula is C14H10NaO4P. The zero-order valence-corrected chi connectivity index (χ0v) is 13.7. The van der Waals surface area contributed by atoms with Crippen LogP contribution in [-0.4, -0.2) is 11.0 Å². The van der Waals surface area contributed by atoms with Crippen molar-refractivity contribution in [3.05, 3.63) is 71.8 Å². The van der Waals surface area contributed by atoms with Gasteiger partial charge in [0.05, 0.1) is 0 Å². The van der Waals surface area contributed by atoms with Gasteiger partial charge in [-0.15, -0.1) is 0 Å². The second-order valence-electron chi connectivity index (χ2n) is 3.89. The van der Waals surface area contributed by atoms with E-state index in [1.54, 1.807) is 36.4 Å². The van der Waals surface area contributed by atoms with Gasteiger partial charge in [0, 0.05) is 11.1 Å². The van der Waals surface area contributed by atoms with E-state index in [9.17, 15) is 19.0 Å². The van der Waals surface area contributed by atoms with Crippen LogP contribution in [0.2, 0.25) is 0 Å². The van der Waals surface area contributed by atoms with Gasteiger partial charge in [0.2, 0.25) is 11.0 Å². The largest absolute Gasteiger partial charge is 1.00 e. The van der Waals surface area contributed by atoms with Crippen molar-refractivity contribution in [3.8, 4) is 0 Å². The summed E-state index contributed by atoms with van der Waals surface area (Å²) in [7, 11) is -4.85. The summed E-state index contributed by atoms with van der Waals surface area (Å²) < 4.78 is 12.0. The first-order valence-corrected chi connectivity index (χ1v) is 7.17. The Bertz CT molecular complexity index is 600. The van der Waals surface area contributed by atoms with E-state index in [2.05, 4.69) is 0 Å². The monoisotopic (exact) mass is 296 g/mol. The van der Waals surface area contributed by atoms with Crippen LogP contribution in [-0.2, 0) is 4.57 Å². The average Bonchev–Trinajstić information content (AvgIpc) is 2.47. The van der Waals surface area contributed by atoms with Crippen LogP contribution in [0.1, 0.15) is 20.7 Å². The second kappa shape index (κ2) is 7.11. The van der Waals surface area contributed by atoms with Gasteiger partial charge in [-0.1, -0.05) is 60.7 Å². The quantitative estimate of drug-likeness (QED) is 0.553. The Labute approximate surface area is 138 Å². The molecule has 96 valence electrons. The van der Waals surface area contributed by atoms with Crippen molar-refractivity contribution in [2.24, 2.45) is 0 Å². The maximum absolute atomic E-state index is 12.0. The van der Waals surface area contributed by atoms with Crippen LogP contribution in [0.4, 0.5) is 0 Å². The molecule has 0 bridgehead atoms. The van der Waals surface area contributed by atoms with Crippen LogP contribution >= 0.6 is 7.37 Å². The number of rotatable bonds is 4. The normalized spacial score (nSPS) is 10.4. The first-order chi connectivity index (χ1) is 9.03. The first kappa shape index (κ1) is 17.0. The summed E-state index contributed by atoms with van der Waals surface area (Å²) in [4.78, 5) is 35.7. The Morgan fingerprint density at radius 3 is 1.35 bits per heavy atom. The number of hydrogen-bond donors (Lipinski definition) is 0. The van der Waals surface area contributed by atoms with Crippen LogP contribution < -0.4 is 34.5 Å². The molecule has 20 heavy (non-hydrogen) atoms. The standard InChI is InChI=1S/C14H11O4P.Na/c15-13(11-7-3-1-4-8-11)19(17,18)14(16)12-9-5-2-6-10-12;/h1-10H,(H,17,18);/q;+1/p-1. The van der Waals surface area contributed by atoms with E-state index >= 15 is 0 Å². The maximum atomic E-state index is 12.0. The predicted octanol–water partition coefficient (Wildman–Crippen LogP) is -0.690. The summed E-state index contributed by atoms with van der Waals surface area (Å²) in [6.07, 6.45) is 0. The molecule has 4 nitrogen and oxygen atoms in total. The number of hydrogen-bond acceptors (Lipinski definition) is 4. The van der Waals surface area contributed by atoms with Gasteiger partial charge in [0.1, 0.15) is 0 Å². The van der Waals surface area contributed by atoms with Crippen molar-refractivity contribution in [1.29, 1.82) is 0 Å². The minimum Gasteiger partial charge on any atom is -0.788 e. The van der Waals surface area contributed by atoms with Gasteiger partial charge < -0.3 is 9.46 Å². The minimum absolute atomic E-state index is 0. The molecule has 2 aromatic carbocycles. The summed E-state index contributed by atoms with van der Waals surface area (Å²) in [5, 5.41) is 0. The Kier molecular flexibility index (Phi) is 6.06. The fourth-order valence-electron chi connectivity index (χ4n) is 1.59. The summed E-state index contributed by atoms with van der Waals surface area (Å²) in [6.45, 7) is 0. The molecule has 0 heterocycles. The summed E-state index contributed by atoms with van der Waals surface area (Å²) in [5.74, 6) is 0. The van der Waals surface area contributed by atoms with E-state index in [0.717, 1.165) is 0 Å². The Balaban J connectivity index is 0.00000200. The molecule has 0 aliphatic carbocycles. The van der Waals surface area contributed by atoms with Gasteiger partial charge in [0.25, 0.3) is 0 Å². The van der Waals surface area contributed by atoms with Gasteiger partial charge in [0.15, 0.2) is 7.37 Å². The third kappa shape index (κ3) is 3.54. The van der Waals surface area contributed by atoms with Gasteiger partial charge in [-0.25, -0.2) is 0 Å². The molecule has 0 aromatic heterocycles. The summed E-state index contributed by atoms with van der Waals surface area (Å²) in [5.41, 5.74) is -2.32. The molecule has 0 unspecified atom stereocenters. The molecule has 0 spiro atoms. The number of benzene rings is 2. The van der Waals surface area contributed by atoms with Crippen LogP contribution in [0.25, 0.3) is 0 Å². The van der Waals surface area contributed by atoms with Gasteiger partial charge >= 0.3 is 29.6 Å². The van der Waals surface area contributed by atoms with Crippen LogP contribution in [0.5, 0.6) is 0 Å². The third-order valence-corrected chi connectivity index (χ3v) is 4.16. The first-order valence-electron chi connectivity index (χ1n) is 5.54. The van der Waals surface area contributed by atoms with Gasteiger partial charge in [-0.3, -0.25) is 9.59 Å². The molecular weight excluding hydrogens is 286 g/mol. The van der Waals surface area contributed by atoms with E-state index < -0.39 is 18.4 Å². The van der Waals surface area contributed by atoms with Crippen molar-refractivity contribution >= 4 is 18.4 Å². The Hall–Kier alpha value is -1.03. The summed E-state index contributed by atoms with van der Waals surface area (Å²) >= 11 is 0. The Morgan fingerprint density at radius 2 is 1.05 bits per heavy atom. The van der Waals surface area contributed by atoms with Crippen LogP contribution in [0.3, 0.4) is 0 Å². The van der Waals surface area contributed by atoms with E-state index in [4.69, 9.17) is 0 Å². The molecule has 0 saturated carbocycles. The third-order valence-electron chi connectivity index (χ3n) is 2.58. The predicted molar refractivity (Wildman–Crippen MR) is 69.2 cm³/mol. The molecule has 6 heteroatoms. The second-order valence-corrected chi connectivity index (χ2v) is 5.81. The van der Waals surface area contributed by atoms with Crippen LogP contribution in [0.15, 0.2) is 60.7 Å². The number of carbonyl (C=O) groups excluding carboxylic acids is 2. The fourth-order valence-corrected chi connectivity index (χ4v) is 2.76. The van der Waals surface area contributed by atoms with Crippen molar-refractivity contribution in [3.63, 3.8) is 0 Å². The van der Waals surface area contributed by atoms with E-state index in [0.29, 0.717) is 0 Å². The average molecular weight is 296 g/mol. The zero-order chi connectivity index (χ0) is 13.9. The maximum Gasteiger partial charge on any atom is 1.00 e. The van der Waals surface area contributed by atoms with Crippen molar-refractivity contribution in [1.82, 2.24) is 0 Å². The molecule has 2 rings (SSSR count). The molecule has 0 atom stereocenters. The van der Waals surface area contributed by atoms with E-state index in [-0.39, 0.29) is 40.7 Å². The van der Waals surface area contributed by atoms with Crippen molar-refractivity contribution < 1.29 is 48.6 Å². The molecule has 2 aromatic rings. The SMILES string of the molecule is O=C(c1ccccc1)P(=O)([O-])C(=O)c1ccccc1.[Na+]. The zero-order valence-electron chi connectivity index (χ0n) is 10.9. The van der Waals surface area contributed by atoms with Crippen molar-refractivity contribution in [2.75, 3.05) is 0 Å². The minimum atomic E-state index is -4.85. The smallest absolute Gasteiger partial charge is 0.788 e. The van der Waals surface area contributed by atoms with E-state index in [1.807, 2.05) is 0 Å². The van der Waals surface area contributed by atoms with Gasteiger partial charge in [-0.2, -0.15) is 0 Å². The number of carbonyl (C=O) groups is 2. The molecule has 0 N–H and O–H groups in total. The molecule has 0 aliphatic rings. The molecule has 0 amide bonds. The molecule has 0 fully saturated rings. The fraction of sp³-hybridized carbons (Fsp3) is 0. The Morgan fingerprint density at radius 1 is 0.750 bits per heavy atom. The molecule has 0 radical (unpaired) electrons. The molecule has 0 saturated heterocycles. The van der Waals surface area contributed by atoms with Crippen molar-refractivity contribution in [2.45, 2.75) is 0 Å². The van der Waals surface area contributed by atoms with Gasteiger partial charge in [-0.05, 0) is 0 Å². The van der Waals surface area contributed by atoms with Crippen LogP contribution in [0, 0.1) is 0 Å². The summed E-state index contributed by atoms with van der Waals surface area (Å²) in [6, 6.07) is 14.9. The molecule has 0 aliphatic heterocycles. The van der Waals surface area contributed by atoms with E-state index in [1.165, 1.54) is 24.3 Å². The topological polar surface area (TPSA) is 74.3 Å².